The van der Waals surface area contributed by atoms with Gasteiger partial charge in [0.2, 0.25) is 0 Å². The Balaban J connectivity index is -0.0000000800. The summed E-state index contributed by atoms with van der Waals surface area (Å²) in [6.45, 7) is 4.38. The number of allylic oxidation sites excluding steroid dienone is 4. The van der Waals surface area contributed by atoms with E-state index in [0.717, 1.165) is 6.42 Å². The summed E-state index contributed by atoms with van der Waals surface area (Å²) in [4.78, 5) is 0. The fourth-order valence-electron chi connectivity index (χ4n) is 0.818. The van der Waals surface area contributed by atoms with Crippen LogP contribution in [-0.2, 0) is 18.6 Å². The first-order chi connectivity index (χ1) is 3.80. The molecule has 0 aromatic carbocycles. The van der Waals surface area contributed by atoms with E-state index in [2.05, 4.69) is 32.1 Å². The summed E-state index contributed by atoms with van der Waals surface area (Å²) in [5.74, 6) is 0.661. The minimum Gasteiger partial charge on any atom is -0.269 e. The largest absolute Gasteiger partial charge is 0.269 e. The molecule has 0 bridgehead atoms. The van der Waals surface area contributed by atoms with Crippen molar-refractivity contribution in [1.29, 1.82) is 0 Å². The first-order valence-electron chi connectivity index (χ1n) is 3.08. The first kappa shape index (κ1) is 23.1. The maximum absolute atomic E-state index is 3.26. The van der Waals surface area contributed by atoms with Crippen molar-refractivity contribution < 1.29 is 18.6 Å². The smallest absolute Gasteiger partial charge is 0 e. The molecule has 4 heteroatoms. The molecule has 0 aromatic rings. The summed E-state index contributed by atoms with van der Waals surface area (Å²) < 4.78 is 0. The average molecular weight is 268 g/mol. The molecule has 1 radical (unpaired) electrons. The van der Waals surface area contributed by atoms with E-state index in [1.54, 1.807) is 0 Å². The van der Waals surface area contributed by atoms with Crippen LogP contribution in [0.5, 0.6) is 0 Å². The van der Waals surface area contributed by atoms with Gasteiger partial charge in [-0.15, -0.1) is 43.6 Å². The summed E-state index contributed by atoms with van der Waals surface area (Å²) in [7, 11) is 0. The quantitative estimate of drug-likeness (QED) is 0.637. The van der Waals surface area contributed by atoms with E-state index in [1.807, 2.05) is 0 Å². The van der Waals surface area contributed by atoms with Crippen molar-refractivity contribution in [3.05, 3.63) is 23.8 Å². The Morgan fingerprint density at radius 3 is 1.92 bits per heavy atom. The predicted molar refractivity (Wildman–Crippen MR) is 57.1 cm³/mol. The van der Waals surface area contributed by atoms with E-state index < -0.39 is 0 Å². The summed E-state index contributed by atoms with van der Waals surface area (Å²) in [6, 6.07) is 0. The molecule has 0 N–H and O–H groups in total. The van der Waals surface area contributed by atoms with Gasteiger partial charge in [0.25, 0.3) is 0 Å². The fourth-order valence-corrected chi connectivity index (χ4v) is 0.818. The molecule has 0 saturated carbocycles. The van der Waals surface area contributed by atoms with Gasteiger partial charge in [0, 0.05) is 18.6 Å². The molecule has 73 valence electrons. The van der Waals surface area contributed by atoms with Gasteiger partial charge in [-0.3, -0.25) is 6.08 Å². The standard InChI is InChI=1S/C8H11.3ClH.V/c1-7(2)8-5-3-4-6-8;;;;/h3,5,7H,4H2,1-2H3;3*1H;/q-1;;;;. The Labute approximate surface area is 105 Å². The summed E-state index contributed by atoms with van der Waals surface area (Å²) in [5, 5.41) is 0. The second-order valence-corrected chi connectivity index (χ2v) is 2.39. The third kappa shape index (κ3) is 7.58. The van der Waals surface area contributed by atoms with Crippen LogP contribution in [0.1, 0.15) is 20.3 Å². The Bertz CT molecular complexity index is 141. The van der Waals surface area contributed by atoms with Gasteiger partial charge >= 0.3 is 0 Å². The van der Waals surface area contributed by atoms with Crippen molar-refractivity contribution in [2.75, 3.05) is 0 Å². The third-order valence-corrected chi connectivity index (χ3v) is 1.34. The minimum atomic E-state index is 0. The van der Waals surface area contributed by atoms with E-state index in [9.17, 15) is 0 Å². The number of rotatable bonds is 1. The SMILES string of the molecule is CC(C)C1=[C-]CC=C1.Cl.Cl.Cl.[V]. The van der Waals surface area contributed by atoms with E-state index in [1.165, 1.54) is 5.57 Å². The number of halogens is 3. The van der Waals surface area contributed by atoms with Crippen LogP contribution in [0, 0.1) is 12.0 Å². The summed E-state index contributed by atoms with van der Waals surface area (Å²) in [5.41, 5.74) is 1.37. The van der Waals surface area contributed by atoms with Crippen LogP contribution >= 0.6 is 37.2 Å². The zero-order valence-corrected chi connectivity index (χ0v) is 11.0. The van der Waals surface area contributed by atoms with Gasteiger partial charge in [0.15, 0.2) is 0 Å². The molecule has 1 aliphatic rings. The van der Waals surface area contributed by atoms with Crippen molar-refractivity contribution in [2.24, 2.45) is 5.92 Å². The molecule has 0 heterocycles. The molecule has 0 saturated heterocycles. The van der Waals surface area contributed by atoms with Crippen molar-refractivity contribution in [3.8, 4) is 0 Å². The topological polar surface area (TPSA) is 0 Å². The molecule has 0 aromatic heterocycles. The van der Waals surface area contributed by atoms with Gasteiger partial charge in [-0.2, -0.15) is 6.08 Å². The minimum absolute atomic E-state index is 0. The molecule has 0 unspecified atom stereocenters. The normalized spacial score (nSPS) is 11.8. The maximum atomic E-state index is 3.26. The molecule has 12 heavy (non-hydrogen) atoms. The number of hydrogen-bond donors (Lipinski definition) is 0. The van der Waals surface area contributed by atoms with Gasteiger partial charge in [-0.25, -0.2) is 11.6 Å². The molecule has 0 nitrogen and oxygen atoms in total. The second kappa shape index (κ2) is 11.9. The molecule has 0 spiro atoms. The van der Waals surface area contributed by atoms with Crippen molar-refractivity contribution in [3.63, 3.8) is 0 Å². The fraction of sp³-hybridized carbons (Fsp3) is 0.500. The Hall–Kier alpha value is 0.934. The monoisotopic (exact) mass is 266 g/mol. The molecule has 0 aliphatic heterocycles. The van der Waals surface area contributed by atoms with Crippen LogP contribution in [0.3, 0.4) is 0 Å². The molecule has 0 fully saturated rings. The Morgan fingerprint density at radius 2 is 1.75 bits per heavy atom. The van der Waals surface area contributed by atoms with Crippen molar-refractivity contribution in [2.45, 2.75) is 20.3 Å². The molecule has 1 rings (SSSR count). The van der Waals surface area contributed by atoms with Gasteiger partial charge < -0.3 is 0 Å². The van der Waals surface area contributed by atoms with Crippen molar-refractivity contribution in [1.82, 2.24) is 0 Å². The van der Waals surface area contributed by atoms with Gasteiger partial charge in [-0.1, -0.05) is 19.8 Å². The van der Waals surface area contributed by atoms with Crippen LogP contribution in [0.15, 0.2) is 17.7 Å². The van der Waals surface area contributed by atoms with Crippen LogP contribution in [0.4, 0.5) is 0 Å². The zero-order valence-electron chi connectivity index (χ0n) is 7.11. The summed E-state index contributed by atoms with van der Waals surface area (Å²) >= 11 is 0. The molecule has 0 amide bonds. The zero-order chi connectivity index (χ0) is 5.98. The predicted octanol–water partition coefficient (Wildman–Crippen LogP) is 3.59. The molecular weight excluding hydrogens is 253 g/mol. The van der Waals surface area contributed by atoms with Crippen LogP contribution in [0.25, 0.3) is 0 Å². The molecular formula is C8H14Cl3V-. The Kier molecular flexibility index (Phi) is 23.0. The van der Waals surface area contributed by atoms with E-state index in [0.29, 0.717) is 5.92 Å². The molecule has 1 aliphatic carbocycles. The van der Waals surface area contributed by atoms with Crippen molar-refractivity contribution >= 4 is 37.2 Å². The van der Waals surface area contributed by atoms with Gasteiger partial charge in [0.1, 0.15) is 0 Å². The molecule has 0 atom stereocenters. The van der Waals surface area contributed by atoms with E-state index in [4.69, 9.17) is 0 Å². The first-order valence-corrected chi connectivity index (χ1v) is 3.08. The Morgan fingerprint density at radius 1 is 1.25 bits per heavy atom. The second-order valence-electron chi connectivity index (χ2n) is 2.39. The van der Waals surface area contributed by atoms with Gasteiger partial charge in [0.05, 0.1) is 0 Å². The average Bonchev–Trinajstić information content (AvgIpc) is 2.12. The van der Waals surface area contributed by atoms with E-state index in [-0.39, 0.29) is 55.8 Å². The van der Waals surface area contributed by atoms with Crippen LogP contribution in [-0.4, -0.2) is 0 Å². The summed E-state index contributed by atoms with van der Waals surface area (Å²) in [6.07, 6.45) is 8.59. The van der Waals surface area contributed by atoms with Crippen LogP contribution < -0.4 is 0 Å². The van der Waals surface area contributed by atoms with Crippen LogP contribution in [0.2, 0.25) is 0 Å². The third-order valence-electron chi connectivity index (χ3n) is 1.34. The maximum Gasteiger partial charge on any atom is 0 e. The van der Waals surface area contributed by atoms with Gasteiger partial charge in [-0.05, 0) is 0 Å². The number of hydrogen-bond acceptors (Lipinski definition) is 0. The van der Waals surface area contributed by atoms with E-state index >= 15 is 0 Å².